The van der Waals surface area contributed by atoms with Gasteiger partial charge in [0.2, 0.25) is 5.91 Å². The van der Waals surface area contributed by atoms with Crippen LogP contribution in [0.4, 0.5) is 0 Å². The zero-order valence-corrected chi connectivity index (χ0v) is 10.2. The van der Waals surface area contributed by atoms with Gasteiger partial charge in [0.05, 0.1) is 12.5 Å². The molecule has 0 aliphatic heterocycles. The number of hydrogen-bond donors (Lipinski definition) is 2. The van der Waals surface area contributed by atoms with Crippen molar-refractivity contribution in [1.82, 2.24) is 4.90 Å². The average Bonchev–Trinajstić information content (AvgIpc) is 2.88. The maximum absolute atomic E-state index is 12.4. The molecular weight excluding hydrogens is 216 g/mol. The standard InChI is InChI=1S/C13H22N2O2/c1-2-5-15(6-7-16)13(17)11-9-3-4-10(8-9)12(11)14/h2,9-12,16H,1,3-8,14H2. The lowest BCUT2D eigenvalue weighted by Crippen LogP contribution is -2.47. The van der Waals surface area contributed by atoms with E-state index in [-0.39, 0.29) is 24.5 Å². The van der Waals surface area contributed by atoms with E-state index in [0.29, 0.717) is 24.9 Å². The average molecular weight is 238 g/mol. The van der Waals surface area contributed by atoms with Gasteiger partial charge in [-0.3, -0.25) is 4.79 Å². The molecule has 2 aliphatic carbocycles. The van der Waals surface area contributed by atoms with Gasteiger partial charge >= 0.3 is 0 Å². The third-order valence-electron chi connectivity index (χ3n) is 4.30. The van der Waals surface area contributed by atoms with Gasteiger partial charge in [0.1, 0.15) is 0 Å². The van der Waals surface area contributed by atoms with Crippen LogP contribution in [-0.2, 0) is 4.79 Å². The summed E-state index contributed by atoms with van der Waals surface area (Å²) in [5.41, 5.74) is 6.16. The van der Waals surface area contributed by atoms with Crippen molar-refractivity contribution in [3.8, 4) is 0 Å². The molecule has 0 heterocycles. The lowest BCUT2D eigenvalue weighted by Gasteiger charge is -2.32. The number of aliphatic hydroxyl groups is 1. The van der Waals surface area contributed by atoms with Gasteiger partial charge in [-0.1, -0.05) is 6.08 Å². The molecule has 4 unspecified atom stereocenters. The maximum atomic E-state index is 12.4. The van der Waals surface area contributed by atoms with E-state index in [1.54, 1.807) is 11.0 Å². The van der Waals surface area contributed by atoms with Gasteiger partial charge in [-0.15, -0.1) is 6.58 Å². The van der Waals surface area contributed by atoms with Gasteiger partial charge in [-0.2, -0.15) is 0 Å². The molecule has 0 aromatic carbocycles. The molecule has 2 bridgehead atoms. The molecule has 1 amide bonds. The predicted molar refractivity (Wildman–Crippen MR) is 66.2 cm³/mol. The monoisotopic (exact) mass is 238 g/mol. The molecule has 4 atom stereocenters. The summed E-state index contributed by atoms with van der Waals surface area (Å²) in [7, 11) is 0. The smallest absolute Gasteiger partial charge is 0.227 e. The van der Waals surface area contributed by atoms with Gasteiger partial charge in [-0.05, 0) is 31.1 Å². The van der Waals surface area contributed by atoms with E-state index < -0.39 is 0 Å². The normalized spacial score (nSPS) is 34.9. The van der Waals surface area contributed by atoms with E-state index in [0.717, 1.165) is 12.8 Å². The van der Waals surface area contributed by atoms with Gasteiger partial charge < -0.3 is 15.7 Å². The Labute approximate surface area is 102 Å². The number of carbonyl (C=O) groups excluding carboxylic acids is 1. The number of carbonyl (C=O) groups is 1. The number of nitrogens with two attached hydrogens (primary N) is 1. The number of fused-ring (bicyclic) bond motifs is 2. The molecule has 0 aromatic rings. The highest BCUT2D eigenvalue weighted by atomic mass is 16.3. The van der Waals surface area contributed by atoms with Crippen LogP contribution in [0.2, 0.25) is 0 Å². The van der Waals surface area contributed by atoms with Crippen LogP contribution in [0, 0.1) is 17.8 Å². The molecule has 4 heteroatoms. The van der Waals surface area contributed by atoms with E-state index in [4.69, 9.17) is 10.8 Å². The van der Waals surface area contributed by atoms with Crippen LogP contribution in [0.1, 0.15) is 19.3 Å². The topological polar surface area (TPSA) is 66.6 Å². The van der Waals surface area contributed by atoms with Gasteiger partial charge in [0.15, 0.2) is 0 Å². The van der Waals surface area contributed by atoms with Gasteiger partial charge in [0, 0.05) is 19.1 Å². The summed E-state index contributed by atoms with van der Waals surface area (Å²) < 4.78 is 0. The lowest BCUT2D eigenvalue weighted by molar-refractivity contribution is -0.137. The quantitative estimate of drug-likeness (QED) is 0.680. The zero-order valence-electron chi connectivity index (χ0n) is 10.2. The number of hydrogen-bond acceptors (Lipinski definition) is 3. The fraction of sp³-hybridized carbons (Fsp3) is 0.769. The highest BCUT2D eigenvalue weighted by Crippen LogP contribution is 2.48. The largest absolute Gasteiger partial charge is 0.395 e. The molecule has 0 saturated heterocycles. The van der Waals surface area contributed by atoms with Crippen molar-refractivity contribution in [2.75, 3.05) is 19.7 Å². The van der Waals surface area contributed by atoms with Crippen LogP contribution < -0.4 is 5.73 Å². The number of aliphatic hydroxyl groups excluding tert-OH is 1. The Morgan fingerprint density at radius 2 is 2.18 bits per heavy atom. The summed E-state index contributed by atoms with van der Waals surface area (Å²) in [6, 6.07) is 0.0206. The molecule has 0 spiro atoms. The molecular formula is C13H22N2O2. The first-order chi connectivity index (χ1) is 8.19. The Bertz CT molecular complexity index is 304. The van der Waals surface area contributed by atoms with Crippen molar-refractivity contribution in [3.63, 3.8) is 0 Å². The van der Waals surface area contributed by atoms with Crippen molar-refractivity contribution in [1.29, 1.82) is 0 Å². The molecule has 3 N–H and O–H groups in total. The van der Waals surface area contributed by atoms with Crippen LogP contribution in [0.3, 0.4) is 0 Å². The fourth-order valence-electron chi connectivity index (χ4n) is 3.48. The highest BCUT2D eigenvalue weighted by molar-refractivity contribution is 5.80. The van der Waals surface area contributed by atoms with Crippen LogP contribution in [-0.4, -0.2) is 41.7 Å². The van der Waals surface area contributed by atoms with Crippen LogP contribution in [0.25, 0.3) is 0 Å². The van der Waals surface area contributed by atoms with E-state index in [1.807, 2.05) is 0 Å². The Morgan fingerprint density at radius 3 is 2.71 bits per heavy atom. The molecule has 2 aliphatic rings. The second-order valence-corrected chi connectivity index (χ2v) is 5.23. The maximum Gasteiger partial charge on any atom is 0.227 e. The van der Waals surface area contributed by atoms with Gasteiger partial charge in [0.25, 0.3) is 0 Å². The third-order valence-corrected chi connectivity index (χ3v) is 4.30. The Kier molecular flexibility index (Phi) is 3.84. The molecule has 2 saturated carbocycles. The second kappa shape index (κ2) is 5.19. The molecule has 0 aromatic heterocycles. The lowest BCUT2D eigenvalue weighted by atomic mass is 9.84. The van der Waals surface area contributed by atoms with Crippen LogP contribution >= 0.6 is 0 Å². The number of rotatable bonds is 5. The Hall–Kier alpha value is -0.870. The van der Waals surface area contributed by atoms with E-state index in [2.05, 4.69) is 6.58 Å². The van der Waals surface area contributed by atoms with E-state index in [9.17, 15) is 4.79 Å². The van der Waals surface area contributed by atoms with Crippen molar-refractivity contribution in [2.24, 2.45) is 23.5 Å². The molecule has 96 valence electrons. The predicted octanol–water partition coefficient (Wildman–Crippen LogP) is 0.367. The Morgan fingerprint density at radius 1 is 1.47 bits per heavy atom. The number of amides is 1. The number of nitrogens with zero attached hydrogens (tertiary/aromatic N) is 1. The first kappa shape index (κ1) is 12.6. The van der Waals surface area contributed by atoms with Crippen molar-refractivity contribution in [3.05, 3.63) is 12.7 Å². The summed E-state index contributed by atoms with van der Waals surface area (Å²) in [6.07, 6.45) is 5.12. The second-order valence-electron chi connectivity index (χ2n) is 5.23. The minimum absolute atomic E-state index is 0.00433. The summed E-state index contributed by atoms with van der Waals surface area (Å²) in [5, 5.41) is 8.99. The zero-order chi connectivity index (χ0) is 12.4. The SMILES string of the molecule is C=CCN(CCO)C(=O)C1C2CCC(C2)C1N. The fourth-order valence-corrected chi connectivity index (χ4v) is 3.48. The Balaban J connectivity index is 2.05. The molecule has 4 nitrogen and oxygen atoms in total. The van der Waals surface area contributed by atoms with Crippen LogP contribution in [0.5, 0.6) is 0 Å². The summed E-state index contributed by atoms with van der Waals surface area (Å²) in [5.74, 6) is 1.08. The first-order valence-corrected chi connectivity index (χ1v) is 6.45. The van der Waals surface area contributed by atoms with Crippen molar-refractivity contribution in [2.45, 2.75) is 25.3 Å². The van der Waals surface area contributed by atoms with Crippen LogP contribution in [0.15, 0.2) is 12.7 Å². The van der Waals surface area contributed by atoms with Crippen molar-refractivity contribution < 1.29 is 9.90 Å². The van der Waals surface area contributed by atoms with Gasteiger partial charge in [-0.25, -0.2) is 0 Å². The molecule has 17 heavy (non-hydrogen) atoms. The highest BCUT2D eigenvalue weighted by Gasteiger charge is 2.49. The summed E-state index contributed by atoms with van der Waals surface area (Å²) >= 11 is 0. The van der Waals surface area contributed by atoms with Crippen molar-refractivity contribution >= 4 is 5.91 Å². The minimum atomic E-state index is -0.0275. The third kappa shape index (κ3) is 2.24. The summed E-state index contributed by atoms with van der Waals surface area (Å²) in [4.78, 5) is 14.1. The molecule has 2 fully saturated rings. The molecule has 0 radical (unpaired) electrons. The first-order valence-electron chi connectivity index (χ1n) is 6.45. The summed E-state index contributed by atoms with van der Waals surface area (Å²) in [6.45, 7) is 4.53. The minimum Gasteiger partial charge on any atom is -0.395 e. The van der Waals surface area contributed by atoms with E-state index in [1.165, 1.54) is 6.42 Å². The molecule has 2 rings (SSSR count). The van der Waals surface area contributed by atoms with E-state index >= 15 is 0 Å².